The standard InChI is InChI=1S/C21H19F5N2O/c1-21(2,3)11-6-4-10(5-7-11)12-8-13(12)20(29)28-27-9-14-15(22)17(24)19(26)18(25)16(14)23/h4-7,9,12-13H,8H2,1-3H3,(H,28,29)/b27-9-. The SMILES string of the molecule is CC(C)(C)c1ccc(C2CC2C(=O)N/N=C\c2c(F)c(F)c(F)c(F)c2F)cc1. The summed E-state index contributed by atoms with van der Waals surface area (Å²) in [7, 11) is 0. The minimum Gasteiger partial charge on any atom is -0.273 e. The average Bonchev–Trinajstić information content (AvgIpc) is 3.48. The van der Waals surface area contributed by atoms with E-state index in [1.807, 2.05) is 24.3 Å². The highest BCUT2D eigenvalue weighted by molar-refractivity contribution is 5.85. The summed E-state index contributed by atoms with van der Waals surface area (Å²) in [5.41, 5.74) is 3.04. The van der Waals surface area contributed by atoms with Gasteiger partial charge in [0.25, 0.3) is 0 Å². The Morgan fingerprint density at radius 1 is 0.966 bits per heavy atom. The highest BCUT2D eigenvalue weighted by Crippen LogP contribution is 2.47. The minimum atomic E-state index is -2.25. The van der Waals surface area contributed by atoms with Gasteiger partial charge in [-0.2, -0.15) is 5.10 Å². The maximum Gasteiger partial charge on any atom is 0.243 e. The van der Waals surface area contributed by atoms with Gasteiger partial charge in [-0.25, -0.2) is 27.4 Å². The van der Waals surface area contributed by atoms with Gasteiger partial charge in [-0.15, -0.1) is 0 Å². The molecule has 2 aromatic carbocycles. The number of nitrogens with one attached hydrogen (secondary N) is 1. The number of carbonyl (C=O) groups excluding carboxylic acids is 1. The first-order valence-corrected chi connectivity index (χ1v) is 8.97. The van der Waals surface area contributed by atoms with E-state index in [4.69, 9.17) is 0 Å². The van der Waals surface area contributed by atoms with Crippen molar-refractivity contribution < 1.29 is 26.7 Å². The van der Waals surface area contributed by atoms with Crippen LogP contribution in [-0.2, 0) is 10.2 Å². The van der Waals surface area contributed by atoms with Gasteiger partial charge in [0, 0.05) is 5.92 Å². The van der Waals surface area contributed by atoms with Crippen LogP contribution in [0.4, 0.5) is 22.0 Å². The van der Waals surface area contributed by atoms with Crippen LogP contribution < -0.4 is 5.43 Å². The van der Waals surface area contributed by atoms with E-state index in [0.29, 0.717) is 12.6 Å². The zero-order valence-corrected chi connectivity index (χ0v) is 16.0. The molecular formula is C21H19F5N2O. The van der Waals surface area contributed by atoms with E-state index in [0.717, 1.165) is 11.1 Å². The van der Waals surface area contributed by atoms with Crippen molar-refractivity contribution in [2.75, 3.05) is 0 Å². The molecule has 1 aliphatic rings. The van der Waals surface area contributed by atoms with Gasteiger partial charge in [-0.1, -0.05) is 45.0 Å². The number of nitrogens with zero attached hydrogens (tertiary/aromatic N) is 1. The quantitative estimate of drug-likeness (QED) is 0.251. The van der Waals surface area contributed by atoms with E-state index < -0.39 is 40.6 Å². The summed E-state index contributed by atoms with van der Waals surface area (Å²) < 4.78 is 66.5. The zero-order valence-electron chi connectivity index (χ0n) is 16.0. The first-order chi connectivity index (χ1) is 13.5. The fraction of sp³-hybridized carbons (Fsp3) is 0.333. The Kier molecular flexibility index (Phi) is 5.47. The second kappa shape index (κ2) is 7.57. The lowest BCUT2D eigenvalue weighted by molar-refractivity contribution is -0.122. The van der Waals surface area contributed by atoms with Crippen LogP contribution in [0.5, 0.6) is 0 Å². The maximum atomic E-state index is 13.6. The summed E-state index contributed by atoms with van der Waals surface area (Å²) in [5.74, 6) is -11.3. The Bertz CT molecular complexity index is 951. The third kappa shape index (κ3) is 4.16. The summed E-state index contributed by atoms with van der Waals surface area (Å²) in [4.78, 5) is 12.1. The molecule has 0 bridgehead atoms. The van der Waals surface area contributed by atoms with Gasteiger partial charge in [-0.3, -0.25) is 4.79 Å². The topological polar surface area (TPSA) is 41.5 Å². The third-order valence-corrected chi connectivity index (χ3v) is 4.94. The molecular weight excluding hydrogens is 391 g/mol. The molecule has 1 aliphatic carbocycles. The molecule has 2 atom stereocenters. The lowest BCUT2D eigenvalue weighted by Gasteiger charge is -2.19. The molecule has 1 amide bonds. The molecule has 0 heterocycles. The van der Waals surface area contributed by atoms with E-state index >= 15 is 0 Å². The normalized spacial score (nSPS) is 18.9. The Balaban J connectivity index is 1.65. The van der Waals surface area contributed by atoms with Gasteiger partial charge in [0.05, 0.1) is 11.8 Å². The van der Waals surface area contributed by atoms with Gasteiger partial charge in [0.1, 0.15) is 0 Å². The van der Waals surface area contributed by atoms with Crippen molar-refractivity contribution in [2.45, 2.75) is 38.5 Å². The summed E-state index contributed by atoms with van der Waals surface area (Å²) in [6, 6.07) is 7.92. The highest BCUT2D eigenvalue weighted by Gasteiger charge is 2.44. The van der Waals surface area contributed by atoms with E-state index in [1.165, 1.54) is 0 Å². The van der Waals surface area contributed by atoms with Crippen molar-refractivity contribution in [1.29, 1.82) is 0 Å². The number of carbonyl (C=O) groups is 1. The van der Waals surface area contributed by atoms with E-state index in [1.54, 1.807) is 0 Å². The second-order valence-electron chi connectivity index (χ2n) is 8.04. The van der Waals surface area contributed by atoms with Gasteiger partial charge < -0.3 is 0 Å². The second-order valence-corrected chi connectivity index (χ2v) is 8.04. The minimum absolute atomic E-state index is 0.00611. The fourth-order valence-corrected chi connectivity index (χ4v) is 3.06. The third-order valence-electron chi connectivity index (χ3n) is 4.94. The van der Waals surface area contributed by atoms with Gasteiger partial charge in [0.15, 0.2) is 23.3 Å². The highest BCUT2D eigenvalue weighted by atomic mass is 19.2. The molecule has 1 N–H and O–H groups in total. The lowest BCUT2D eigenvalue weighted by atomic mass is 9.86. The first-order valence-electron chi connectivity index (χ1n) is 8.97. The van der Waals surface area contributed by atoms with Crippen molar-refractivity contribution in [3.63, 3.8) is 0 Å². The Morgan fingerprint density at radius 2 is 1.48 bits per heavy atom. The smallest absolute Gasteiger partial charge is 0.243 e. The van der Waals surface area contributed by atoms with Gasteiger partial charge in [0.2, 0.25) is 11.7 Å². The number of hydrazone groups is 1. The predicted octanol–water partition coefficient (Wildman–Crippen LogP) is 4.93. The van der Waals surface area contributed by atoms with Gasteiger partial charge in [-0.05, 0) is 28.9 Å². The van der Waals surface area contributed by atoms with Crippen molar-refractivity contribution in [3.8, 4) is 0 Å². The molecule has 3 rings (SSSR count). The van der Waals surface area contributed by atoms with Crippen LogP contribution in [0.25, 0.3) is 0 Å². The first kappa shape index (κ1) is 21.0. The summed E-state index contributed by atoms with van der Waals surface area (Å²) in [5, 5.41) is 3.35. The van der Waals surface area contributed by atoms with Crippen LogP contribution in [0.1, 0.15) is 49.8 Å². The number of hydrogen-bond acceptors (Lipinski definition) is 2. The molecule has 2 aromatic rings. The van der Waals surface area contributed by atoms with Crippen molar-refractivity contribution >= 4 is 12.1 Å². The number of rotatable bonds is 4. The fourth-order valence-electron chi connectivity index (χ4n) is 3.06. The predicted molar refractivity (Wildman–Crippen MR) is 98.0 cm³/mol. The van der Waals surface area contributed by atoms with Crippen LogP contribution in [0.2, 0.25) is 0 Å². The largest absolute Gasteiger partial charge is 0.273 e. The average molecular weight is 410 g/mol. The van der Waals surface area contributed by atoms with Crippen LogP contribution in [0, 0.1) is 35.0 Å². The molecule has 1 fully saturated rings. The van der Waals surface area contributed by atoms with Crippen molar-refractivity contribution in [1.82, 2.24) is 5.43 Å². The van der Waals surface area contributed by atoms with Crippen LogP contribution >= 0.6 is 0 Å². The van der Waals surface area contributed by atoms with Crippen LogP contribution in [-0.4, -0.2) is 12.1 Å². The molecule has 29 heavy (non-hydrogen) atoms. The van der Waals surface area contributed by atoms with Gasteiger partial charge >= 0.3 is 0 Å². The maximum absolute atomic E-state index is 13.6. The molecule has 0 spiro atoms. The molecule has 2 unspecified atom stereocenters. The van der Waals surface area contributed by atoms with Crippen molar-refractivity contribution in [2.24, 2.45) is 11.0 Å². The molecule has 154 valence electrons. The Labute approximate surface area is 164 Å². The lowest BCUT2D eigenvalue weighted by Crippen LogP contribution is -2.20. The Morgan fingerprint density at radius 3 is 2.00 bits per heavy atom. The molecule has 1 saturated carbocycles. The zero-order chi connectivity index (χ0) is 21.5. The van der Waals surface area contributed by atoms with Crippen molar-refractivity contribution in [3.05, 3.63) is 70.0 Å². The molecule has 3 nitrogen and oxygen atoms in total. The summed E-state index contributed by atoms with van der Waals surface area (Å²) in [6.45, 7) is 6.29. The van der Waals surface area contributed by atoms with Crippen LogP contribution in [0.15, 0.2) is 29.4 Å². The van der Waals surface area contributed by atoms with Crippen LogP contribution in [0.3, 0.4) is 0 Å². The number of hydrogen-bond donors (Lipinski definition) is 1. The Hall–Kier alpha value is -2.77. The monoisotopic (exact) mass is 410 g/mol. The summed E-state index contributed by atoms with van der Waals surface area (Å²) in [6.07, 6.45) is 0.989. The number of halogens is 5. The molecule has 0 aliphatic heterocycles. The van der Waals surface area contributed by atoms with E-state index in [9.17, 15) is 26.7 Å². The molecule has 0 radical (unpaired) electrons. The molecule has 8 heteroatoms. The van der Waals surface area contributed by atoms with E-state index in [-0.39, 0.29) is 17.3 Å². The molecule has 0 aromatic heterocycles. The molecule has 0 saturated heterocycles. The number of benzene rings is 2. The number of amides is 1. The summed E-state index contributed by atoms with van der Waals surface area (Å²) >= 11 is 0. The van der Waals surface area contributed by atoms with E-state index in [2.05, 4.69) is 31.3 Å².